The van der Waals surface area contributed by atoms with Gasteiger partial charge < -0.3 is 10.2 Å². The molecule has 3 amide bonds. The highest BCUT2D eigenvalue weighted by atomic mass is 16.2. The third-order valence-electron chi connectivity index (χ3n) is 5.08. The van der Waals surface area contributed by atoms with Crippen molar-refractivity contribution in [1.82, 2.24) is 15.1 Å². The van der Waals surface area contributed by atoms with Crippen LogP contribution in [0.4, 0.5) is 0 Å². The van der Waals surface area contributed by atoms with Gasteiger partial charge in [-0.3, -0.25) is 19.3 Å². The van der Waals surface area contributed by atoms with E-state index in [0.717, 1.165) is 11.1 Å². The number of amides is 3. The molecule has 1 heterocycles. The molecule has 1 aliphatic rings. The van der Waals surface area contributed by atoms with Gasteiger partial charge in [0, 0.05) is 42.0 Å². The molecule has 1 N–H and O–H groups in total. The molecule has 0 fully saturated rings. The number of carbonyl (C=O) groups excluding carboxylic acids is 3. The second kappa shape index (κ2) is 8.73. The minimum Gasteiger partial charge on any atom is -0.350 e. The van der Waals surface area contributed by atoms with Crippen LogP contribution in [0, 0.1) is 0 Å². The molecule has 0 atom stereocenters. The van der Waals surface area contributed by atoms with E-state index in [4.69, 9.17) is 0 Å². The molecule has 2 aromatic carbocycles. The number of carbonyl (C=O) groups is 3. The van der Waals surface area contributed by atoms with Gasteiger partial charge in [-0.05, 0) is 37.6 Å². The second-order valence-electron chi connectivity index (χ2n) is 6.83. The highest BCUT2D eigenvalue weighted by molar-refractivity contribution is 6.10. The molecule has 6 heteroatoms. The molecule has 6 nitrogen and oxygen atoms in total. The molecule has 0 saturated carbocycles. The maximum absolute atomic E-state index is 12.5. The Labute approximate surface area is 170 Å². The smallest absolute Gasteiger partial charge is 0.259 e. The average molecular weight is 391 g/mol. The maximum atomic E-state index is 12.5. The summed E-state index contributed by atoms with van der Waals surface area (Å²) in [4.78, 5) is 40.3. The minimum atomic E-state index is -0.268. The Morgan fingerprint density at radius 2 is 1.62 bits per heavy atom. The lowest BCUT2D eigenvalue weighted by atomic mass is 10.1. The predicted molar refractivity (Wildman–Crippen MR) is 112 cm³/mol. The molecule has 3 rings (SSSR count). The highest BCUT2D eigenvalue weighted by Gasteiger charge is 2.31. The van der Waals surface area contributed by atoms with Crippen LogP contribution in [-0.2, 0) is 11.3 Å². The first-order chi connectivity index (χ1) is 14.0. The van der Waals surface area contributed by atoms with Crippen LogP contribution in [0.2, 0.25) is 0 Å². The maximum Gasteiger partial charge on any atom is 0.259 e. The van der Waals surface area contributed by atoms with E-state index in [1.165, 1.54) is 4.90 Å². The minimum absolute atomic E-state index is 0.00351. The molecule has 0 saturated heterocycles. The number of hydrogen-bond acceptors (Lipinski definition) is 3. The Kier molecular flexibility index (Phi) is 6.12. The van der Waals surface area contributed by atoms with Gasteiger partial charge in [-0.1, -0.05) is 36.9 Å². The number of benzene rings is 2. The van der Waals surface area contributed by atoms with Crippen molar-refractivity contribution in [3.8, 4) is 0 Å². The third kappa shape index (κ3) is 4.21. The lowest BCUT2D eigenvalue weighted by Crippen LogP contribution is -2.36. The van der Waals surface area contributed by atoms with Crippen LogP contribution in [0.5, 0.6) is 0 Å². The van der Waals surface area contributed by atoms with Crippen LogP contribution < -0.4 is 5.32 Å². The van der Waals surface area contributed by atoms with Crippen molar-refractivity contribution in [3.63, 3.8) is 0 Å². The summed E-state index contributed by atoms with van der Waals surface area (Å²) in [5.74, 6) is -0.480. The fourth-order valence-electron chi connectivity index (χ4n) is 3.36. The fourth-order valence-corrected chi connectivity index (χ4v) is 3.36. The van der Waals surface area contributed by atoms with Gasteiger partial charge in [0.15, 0.2) is 0 Å². The van der Waals surface area contributed by atoms with E-state index in [-0.39, 0.29) is 24.3 Å². The van der Waals surface area contributed by atoms with Gasteiger partial charge in [0.1, 0.15) is 6.54 Å². The van der Waals surface area contributed by atoms with Crippen LogP contribution >= 0.6 is 0 Å². The van der Waals surface area contributed by atoms with Crippen molar-refractivity contribution in [2.45, 2.75) is 20.4 Å². The summed E-state index contributed by atoms with van der Waals surface area (Å²) in [6.45, 7) is 9.41. The van der Waals surface area contributed by atoms with Gasteiger partial charge in [0.25, 0.3) is 11.8 Å². The van der Waals surface area contributed by atoms with E-state index in [9.17, 15) is 14.4 Å². The zero-order valence-corrected chi connectivity index (χ0v) is 16.8. The van der Waals surface area contributed by atoms with Gasteiger partial charge >= 0.3 is 0 Å². The second-order valence-corrected chi connectivity index (χ2v) is 6.83. The van der Waals surface area contributed by atoms with E-state index in [1.807, 2.05) is 38.1 Å². The van der Waals surface area contributed by atoms with Gasteiger partial charge in [-0.15, -0.1) is 0 Å². The molecular formula is C23H25N3O3. The Morgan fingerprint density at radius 1 is 1.00 bits per heavy atom. The molecular weight excluding hydrogens is 366 g/mol. The number of fused-ring (bicyclic) bond motifs is 1. The Hall–Kier alpha value is -3.41. The lowest BCUT2D eigenvalue weighted by molar-refractivity contribution is -0.121. The summed E-state index contributed by atoms with van der Waals surface area (Å²) in [5, 5.41) is 2.82. The topological polar surface area (TPSA) is 69.7 Å². The number of hydrogen-bond donors (Lipinski definition) is 1. The van der Waals surface area contributed by atoms with E-state index >= 15 is 0 Å². The van der Waals surface area contributed by atoms with Crippen LogP contribution in [0.1, 0.15) is 45.7 Å². The molecule has 0 unspecified atom stereocenters. The van der Waals surface area contributed by atoms with Crippen molar-refractivity contribution < 1.29 is 14.4 Å². The summed E-state index contributed by atoms with van der Waals surface area (Å²) in [7, 11) is 0. The van der Waals surface area contributed by atoms with E-state index < -0.39 is 0 Å². The number of nitrogens with zero attached hydrogens (tertiary/aromatic N) is 2. The lowest BCUT2D eigenvalue weighted by Gasteiger charge is -2.19. The summed E-state index contributed by atoms with van der Waals surface area (Å²) in [5.41, 5.74) is 3.38. The molecule has 0 spiro atoms. The molecule has 2 aromatic rings. The Bertz CT molecular complexity index is 911. The number of nitrogens with one attached hydrogen (secondary N) is 1. The van der Waals surface area contributed by atoms with Crippen molar-refractivity contribution >= 4 is 23.4 Å². The standard InChI is InChI=1S/C23H25N3O3/c1-4-25(5-2)22(28)18-12-10-17(11-13-18)14-24-21(27)15-26-16(3)19-8-6-7-9-20(19)23(26)29/h6-13H,3-5,14-15H2,1-2H3,(H,24,27). The van der Waals surface area contributed by atoms with Gasteiger partial charge in [-0.25, -0.2) is 0 Å². The first-order valence-corrected chi connectivity index (χ1v) is 9.71. The van der Waals surface area contributed by atoms with Crippen molar-refractivity contribution in [3.05, 3.63) is 77.4 Å². The van der Waals surface area contributed by atoms with Crippen molar-refractivity contribution in [2.24, 2.45) is 0 Å². The molecule has 0 radical (unpaired) electrons. The number of rotatable bonds is 7. The monoisotopic (exact) mass is 391 g/mol. The molecule has 29 heavy (non-hydrogen) atoms. The van der Waals surface area contributed by atoms with E-state index in [0.29, 0.717) is 36.5 Å². The van der Waals surface area contributed by atoms with Crippen LogP contribution in [-0.4, -0.2) is 47.2 Å². The quantitative estimate of drug-likeness (QED) is 0.789. The summed E-state index contributed by atoms with van der Waals surface area (Å²) >= 11 is 0. The molecule has 150 valence electrons. The zero-order chi connectivity index (χ0) is 21.0. The van der Waals surface area contributed by atoms with E-state index in [1.54, 1.807) is 29.2 Å². The van der Waals surface area contributed by atoms with Gasteiger partial charge in [-0.2, -0.15) is 0 Å². The van der Waals surface area contributed by atoms with Crippen molar-refractivity contribution in [2.75, 3.05) is 19.6 Å². The highest BCUT2D eigenvalue weighted by Crippen LogP contribution is 2.30. The largest absolute Gasteiger partial charge is 0.350 e. The summed E-state index contributed by atoms with van der Waals surface area (Å²) in [6, 6.07) is 14.4. The zero-order valence-electron chi connectivity index (χ0n) is 16.8. The fraction of sp³-hybridized carbons (Fsp3) is 0.261. The molecule has 1 aliphatic heterocycles. The van der Waals surface area contributed by atoms with Gasteiger partial charge in [0.05, 0.1) is 0 Å². The normalized spacial score (nSPS) is 12.7. The van der Waals surface area contributed by atoms with Crippen LogP contribution in [0.15, 0.2) is 55.1 Å². The SMILES string of the molecule is C=C1c2ccccc2C(=O)N1CC(=O)NCc1ccc(C(=O)N(CC)CC)cc1. The predicted octanol–water partition coefficient (Wildman–Crippen LogP) is 2.91. The molecule has 0 aliphatic carbocycles. The Balaban J connectivity index is 1.56. The van der Waals surface area contributed by atoms with Gasteiger partial charge in [0.2, 0.25) is 5.91 Å². The third-order valence-corrected chi connectivity index (χ3v) is 5.08. The first-order valence-electron chi connectivity index (χ1n) is 9.71. The average Bonchev–Trinajstić information content (AvgIpc) is 2.98. The van der Waals surface area contributed by atoms with Crippen LogP contribution in [0.3, 0.4) is 0 Å². The summed E-state index contributed by atoms with van der Waals surface area (Å²) < 4.78 is 0. The first kappa shape index (κ1) is 20.3. The summed E-state index contributed by atoms with van der Waals surface area (Å²) in [6.07, 6.45) is 0. The Morgan fingerprint density at radius 3 is 2.21 bits per heavy atom. The van der Waals surface area contributed by atoms with E-state index in [2.05, 4.69) is 11.9 Å². The molecule has 0 aromatic heterocycles. The molecule has 0 bridgehead atoms. The van der Waals surface area contributed by atoms with Crippen LogP contribution in [0.25, 0.3) is 5.70 Å². The van der Waals surface area contributed by atoms with Crippen molar-refractivity contribution in [1.29, 1.82) is 0 Å².